The summed E-state index contributed by atoms with van der Waals surface area (Å²) in [6.07, 6.45) is 1.81. The van der Waals surface area contributed by atoms with Crippen molar-refractivity contribution < 1.29 is 9.53 Å². The number of carbonyl (C=O) groups is 1. The minimum absolute atomic E-state index is 0.239. The molecular weight excluding hydrogens is 358 g/mol. The number of nitrogens with zero attached hydrogens (tertiary/aromatic N) is 2. The van der Waals surface area contributed by atoms with Crippen molar-refractivity contribution >= 4 is 23.1 Å². The summed E-state index contributed by atoms with van der Waals surface area (Å²) >= 11 is 1.40. The van der Waals surface area contributed by atoms with Gasteiger partial charge in [0, 0.05) is 17.1 Å². The number of rotatable bonds is 5. The maximum absolute atomic E-state index is 12.8. The zero-order valence-electron chi connectivity index (χ0n) is 14.6. The zero-order chi connectivity index (χ0) is 18.6. The van der Waals surface area contributed by atoms with Gasteiger partial charge < -0.3 is 10.1 Å². The molecule has 0 unspecified atom stereocenters. The Morgan fingerprint density at radius 3 is 2.44 bits per heavy atom. The number of hydrogen-bond donors (Lipinski definition) is 1. The fourth-order valence-corrected chi connectivity index (χ4v) is 3.74. The number of benzene rings is 2. The van der Waals surface area contributed by atoms with Crippen LogP contribution in [0.5, 0.6) is 5.75 Å². The number of hydrogen-bond acceptors (Lipinski definition) is 4. The average molecular weight is 375 g/mol. The number of methoxy groups -OCH3 is 1. The highest BCUT2D eigenvalue weighted by Gasteiger charge is 2.19. The molecule has 0 spiro atoms. The van der Waals surface area contributed by atoms with Crippen LogP contribution < -0.4 is 10.1 Å². The summed E-state index contributed by atoms with van der Waals surface area (Å²) in [5, 5.41) is 7.26. The van der Waals surface area contributed by atoms with Crippen LogP contribution in [0.15, 0.2) is 79.0 Å². The first-order chi connectivity index (χ1) is 13.2. The molecule has 0 fully saturated rings. The third-order valence-electron chi connectivity index (χ3n) is 4.03. The van der Waals surface area contributed by atoms with E-state index >= 15 is 0 Å². The van der Waals surface area contributed by atoms with Gasteiger partial charge in [0.1, 0.15) is 10.6 Å². The summed E-state index contributed by atoms with van der Waals surface area (Å²) < 4.78 is 7.12. The number of carbonyl (C=O) groups excluding carboxylic acids is 1. The highest BCUT2D eigenvalue weighted by atomic mass is 32.1. The number of amides is 1. The summed E-state index contributed by atoms with van der Waals surface area (Å²) in [5.41, 5.74) is 1.98. The molecular formula is C21H17N3O2S. The SMILES string of the molecule is COc1cc(-c2ccccc2)sc1C(=O)Nc1ccn(-c2ccccc2)n1. The molecule has 0 saturated heterocycles. The zero-order valence-corrected chi connectivity index (χ0v) is 15.4. The molecule has 1 amide bonds. The number of para-hydroxylation sites is 1. The smallest absolute Gasteiger partial charge is 0.270 e. The largest absolute Gasteiger partial charge is 0.495 e. The van der Waals surface area contributed by atoms with Crippen LogP contribution in [0, 0.1) is 0 Å². The first kappa shape index (κ1) is 17.1. The van der Waals surface area contributed by atoms with Gasteiger partial charge in [-0.25, -0.2) is 4.68 Å². The van der Waals surface area contributed by atoms with Gasteiger partial charge in [-0.2, -0.15) is 5.10 Å². The molecule has 0 aliphatic carbocycles. The Morgan fingerprint density at radius 2 is 1.74 bits per heavy atom. The van der Waals surface area contributed by atoms with E-state index in [4.69, 9.17) is 4.74 Å². The quantitative estimate of drug-likeness (QED) is 0.542. The third kappa shape index (κ3) is 3.61. The number of ether oxygens (including phenoxy) is 1. The molecule has 5 nitrogen and oxygen atoms in total. The van der Waals surface area contributed by atoms with Crippen molar-refractivity contribution in [2.24, 2.45) is 0 Å². The maximum Gasteiger partial charge on any atom is 0.270 e. The van der Waals surface area contributed by atoms with Crippen molar-refractivity contribution in [2.75, 3.05) is 12.4 Å². The van der Waals surface area contributed by atoms with E-state index in [2.05, 4.69) is 10.4 Å². The van der Waals surface area contributed by atoms with Gasteiger partial charge in [0.15, 0.2) is 5.82 Å². The lowest BCUT2D eigenvalue weighted by Crippen LogP contribution is -2.12. The Labute approximate surface area is 160 Å². The second-order valence-corrected chi connectivity index (χ2v) is 6.86. The van der Waals surface area contributed by atoms with Crippen molar-refractivity contribution in [3.63, 3.8) is 0 Å². The summed E-state index contributed by atoms with van der Waals surface area (Å²) in [6, 6.07) is 23.3. The maximum atomic E-state index is 12.8. The molecule has 0 saturated carbocycles. The van der Waals surface area contributed by atoms with Gasteiger partial charge in [0.25, 0.3) is 5.91 Å². The monoisotopic (exact) mass is 375 g/mol. The predicted octanol–water partition coefficient (Wildman–Crippen LogP) is 4.86. The molecule has 4 aromatic rings. The third-order valence-corrected chi connectivity index (χ3v) is 5.20. The van der Waals surface area contributed by atoms with Crippen LogP contribution in [0.2, 0.25) is 0 Å². The van der Waals surface area contributed by atoms with Crippen LogP contribution in [-0.2, 0) is 0 Å². The van der Waals surface area contributed by atoms with Crippen molar-refractivity contribution in [3.8, 4) is 21.9 Å². The van der Waals surface area contributed by atoms with E-state index in [1.54, 1.807) is 17.9 Å². The van der Waals surface area contributed by atoms with Gasteiger partial charge in [-0.3, -0.25) is 4.79 Å². The van der Waals surface area contributed by atoms with E-state index in [0.29, 0.717) is 16.4 Å². The molecule has 0 aliphatic rings. The van der Waals surface area contributed by atoms with Gasteiger partial charge in [-0.15, -0.1) is 11.3 Å². The molecule has 4 rings (SSSR count). The average Bonchev–Trinajstić information content (AvgIpc) is 3.36. The lowest BCUT2D eigenvalue weighted by Gasteiger charge is -2.03. The summed E-state index contributed by atoms with van der Waals surface area (Å²) in [7, 11) is 1.57. The van der Waals surface area contributed by atoms with Gasteiger partial charge >= 0.3 is 0 Å². The standard InChI is InChI=1S/C21H17N3O2S/c1-26-17-14-18(15-8-4-2-5-9-15)27-20(17)21(25)22-19-12-13-24(23-19)16-10-6-3-7-11-16/h2-14H,1H3,(H,22,23,25). The van der Waals surface area contributed by atoms with Crippen molar-refractivity contribution in [3.05, 3.63) is 83.9 Å². The Balaban J connectivity index is 1.57. The normalized spacial score (nSPS) is 10.6. The van der Waals surface area contributed by atoms with Crippen molar-refractivity contribution in [1.82, 2.24) is 9.78 Å². The van der Waals surface area contributed by atoms with Crippen LogP contribution in [0.25, 0.3) is 16.1 Å². The Kier molecular flexibility index (Phi) is 4.72. The van der Waals surface area contributed by atoms with Crippen LogP contribution in [-0.4, -0.2) is 22.8 Å². The molecule has 0 radical (unpaired) electrons. The number of aromatic nitrogens is 2. The van der Waals surface area contributed by atoms with Gasteiger partial charge in [0.05, 0.1) is 12.8 Å². The van der Waals surface area contributed by atoms with E-state index in [0.717, 1.165) is 16.1 Å². The second kappa shape index (κ2) is 7.47. The topological polar surface area (TPSA) is 56.1 Å². The second-order valence-electron chi connectivity index (χ2n) is 5.81. The molecule has 0 aliphatic heterocycles. The van der Waals surface area contributed by atoms with Gasteiger partial charge in [-0.1, -0.05) is 48.5 Å². The van der Waals surface area contributed by atoms with E-state index in [1.165, 1.54) is 11.3 Å². The Morgan fingerprint density at radius 1 is 1.04 bits per heavy atom. The fourth-order valence-electron chi connectivity index (χ4n) is 2.72. The Hall–Kier alpha value is -3.38. The van der Waals surface area contributed by atoms with E-state index in [1.807, 2.05) is 72.9 Å². The number of nitrogens with one attached hydrogen (secondary N) is 1. The van der Waals surface area contributed by atoms with Crippen LogP contribution in [0.3, 0.4) is 0 Å². The molecule has 1 N–H and O–H groups in total. The van der Waals surface area contributed by atoms with E-state index in [9.17, 15) is 4.79 Å². The first-order valence-electron chi connectivity index (χ1n) is 8.40. The lowest BCUT2D eigenvalue weighted by atomic mass is 10.2. The fraction of sp³-hybridized carbons (Fsp3) is 0.0476. The molecule has 134 valence electrons. The van der Waals surface area contributed by atoms with Crippen molar-refractivity contribution in [2.45, 2.75) is 0 Å². The van der Waals surface area contributed by atoms with Gasteiger partial charge in [-0.05, 0) is 23.8 Å². The van der Waals surface area contributed by atoms with Crippen molar-refractivity contribution in [1.29, 1.82) is 0 Å². The summed E-state index contributed by atoms with van der Waals surface area (Å²) in [5.74, 6) is 0.803. The Bertz CT molecular complexity index is 1060. The molecule has 2 aromatic carbocycles. The molecule has 0 bridgehead atoms. The molecule has 2 aromatic heterocycles. The van der Waals surface area contributed by atoms with Crippen LogP contribution >= 0.6 is 11.3 Å². The highest BCUT2D eigenvalue weighted by molar-refractivity contribution is 7.17. The predicted molar refractivity (Wildman–Crippen MR) is 108 cm³/mol. The number of anilines is 1. The molecule has 27 heavy (non-hydrogen) atoms. The summed E-state index contributed by atoms with van der Waals surface area (Å²) in [4.78, 5) is 14.3. The molecule has 6 heteroatoms. The molecule has 0 atom stereocenters. The van der Waals surface area contributed by atoms with E-state index in [-0.39, 0.29) is 5.91 Å². The summed E-state index contributed by atoms with van der Waals surface area (Å²) in [6.45, 7) is 0. The van der Waals surface area contributed by atoms with Gasteiger partial charge in [0.2, 0.25) is 0 Å². The van der Waals surface area contributed by atoms with Crippen LogP contribution in [0.1, 0.15) is 9.67 Å². The number of thiophene rings is 1. The first-order valence-corrected chi connectivity index (χ1v) is 9.22. The van der Waals surface area contributed by atoms with Crippen LogP contribution in [0.4, 0.5) is 5.82 Å². The minimum Gasteiger partial charge on any atom is -0.495 e. The molecule has 2 heterocycles. The van der Waals surface area contributed by atoms with E-state index < -0.39 is 0 Å². The lowest BCUT2D eigenvalue weighted by molar-refractivity contribution is 0.102. The highest BCUT2D eigenvalue weighted by Crippen LogP contribution is 2.36. The minimum atomic E-state index is -0.239.